The number of rotatable bonds is 3. The van der Waals surface area contributed by atoms with Crippen molar-refractivity contribution in [1.82, 2.24) is 14.9 Å². The Bertz CT molecular complexity index is 996. The third-order valence-corrected chi connectivity index (χ3v) is 4.62. The zero-order valence-electron chi connectivity index (χ0n) is 13.5. The molecule has 0 radical (unpaired) electrons. The normalized spacial score (nSPS) is 15.7. The van der Waals surface area contributed by atoms with Gasteiger partial charge < -0.3 is 4.74 Å². The second kappa shape index (κ2) is 5.33. The lowest BCUT2D eigenvalue weighted by molar-refractivity contribution is 0.107. The minimum absolute atomic E-state index is 0.0870. The van der Waals surface area contributed by atoms with Crippen molar-refractivity contribution in [3.8, 4) is 5.75 Å². The molecule has 6 nitrogen and oxygen atoms in total. The number of hydrogen-bond donors (Lipinski definition) is 0. The molecule has 122 valence electrons. The molecule has 0 fully saturated rings. The molecule has 0 amide bonds. The Balaban J connectivity index is 2.02. The van der Waals surface area contributed by atoms with Crippen LogP contribution in [0.25, 0.3) is 16.7 Å². The SMILES string of the molecule is CCC1(CC)C=C(n2ccccc2=O)c2cc3nonc3cc2O1. The molecule has 0 saturated heterocycles. The van der Waals surface area contributed by atoms with Crippen molar-refractivity contribution in [2.45, 2.75) is 32.3 Å². The second-order valence-corrected chi connectivity index (χ2v) is 5.91. The molecule has 0 aliphatic carbocycles. The van der Waals surface area contributed by atoms with Crippen molar-refractivity contribution < 1.29 is 9.37 Å². The Kier molecular flexibility index (Phi) is 3.26. The molecule has 0 unspecified atom stereocenters. The van der Waals surface area contributed by atoms with Gasteiger partial charge >= 0.3 is 0 Å². The third-order valence-electron chi connectivity index (χ3n) is 4.62. The van der Waals surface area contributed by atoms with E-state index in [1.807, 2.05) is 24.3 Å². The number of benzene rings is 1. The lowest BCUT2D eigenvalue weighted by Crippen LogP contribution is -2.36. The number of nitrogens with zero attached hydrogens (tertiary/aromatic N) is 3. The van der Waals surface area contributed by atoms with Gasteiger partial charge in [-0.2, -0.15) is 0 Å². The summed E-state index contributed by atoms with van der Waals surface area (Å²) >= 11 is 0. The predicted octanol–water partition coefficient (Wildman–Crippen LogP) is 3.22. The summed E-state index contributed by atoms with van der Waals surface area (Å²) in [4.78, 5) is 12.4. The largest absolute Gasteiger partial charge is 0.482 e. The van der Waals surface area contributed by atoms with Gasteiger partial charge in [-0.1, -0.05) is 19.9 Å². The number of fused-ring (bicyclic) bond motifs is 2. The smallest absolute Gasteiger partial charge is 0.255 e. The minimum Gasteiger partial charge on any atom is -0.482 e. The van der Waals surface area contributed by atoms with Crippen LogP contribution in [-0.4, -0.2) is 20.5 Å². The van der Waals surface area contributed by atoms with Crippen LogP contribution < -0.4 is 10.3 Å². The van der Waals surface area contributed by atoms with Crippen LogP contribution >= 0.6 is 0 Å². The van der Waals surface area contributed by atoms with E-state index in [2.05, 4.69) is 24.2 Å². The molecule has 3 aromatic rings. The van der Waals surface area contributed by atoms with E-state index in [9.17, 15) is 4.79 Å². The van der Waals surface area contributed by atoms with E-state index in [1.165, 1.54) is 0 Å². The molecular formula is C18H17N3O3. The van der Waals surface area contributed by atoms with Gasteiger partial charge in [-0.3, -0.25) is 9.36 Å². The van der Waals surface area contributed by atoms with E-state index in [4.69, 9.17) is 9.37 Å². The first-order valence-corrected chi connectivity index (χ1v) is 8.02. The van der Waals surface area contributed by atoms with E-state index in [-0.39, 0.29) is 5.56 Å². The highest BCUT2D eigenvalue weighted by atomic mass is 16.6. The van der Waals surface area contributed by atoms with Crippen LogP contribution in [0.4, 0.5) is 0 Å². The number of aromatic nitrogens is 3. The van der Waals surface area contributed by atoms with Gasteiger partial charge in [0.1, 0.15) is 22.4 Å². The summed E-state index contributed by atoms with van der Waals surface area (Å²) in [5.74, 6) is 0.690. The first-order chi connectivity index (χ1) is 11.7. The average molecular weight is 323 g/mol. The fourth-order valence-corrected chi connectivity index (χ4v) is 3.10. The summed E-state index contributed by atoms with van der Waals surface area (Å²) in [6, 6.07) is 8.79. The van der Waals surface area contributed by atoms with E-state index >= 15 is 0 Å². The molecule has 1 aromatic carbocycles. The van der Waals surface area contributed by atoms with Gasteiger partial charge in [0, 0.05) is 23.9 Å². The Labute approximate surface area is 138 Å². The maximum atomic E-state index is 12.4. The van der Waals surface area contributed by atoms with E-state index in [1.54, 1.807) is 22.9 Å². The fourth-order valence-electron chi connectivity index (χ4n) is 3.10. The fraction of sp³-hybridized carbons (Fsp3) is 0.278. The van der Waals surface area contributed by atoms with Gasteiger partial charge in [0.05, 0.1) is 5.70 Å². The molecule has 1 aliphatic rings. The predicted molar refractivity (Wildman–Crippen MR) is 89.8 cm³/mol. The summed E-state index contributed by atoms with van der Waals surface area (Å²) in [5.41, 5.74) is 2.34. The standard InChI is InChI=1S/C18H17N3O3/c1-3-18(4-2)11-15(21-8-6-5-7-17(21)22)12-9-13-14(20-24-19-13)10-16(12)23-18/h5-11H,3-4H2,1-2H3. The Morgan fingerprint density at radius 1 is 1.12 bits per heavy atom. The minimum atomic E-state index is -0.456. The van der Waals surface area contributed by atoms with Gasteiger partial charge in [-0.05, 0) is 41.4 Å². The van der Waals surface area contributed by atoms with Crippen LogP contribution in [0.5, 0.6) is 5.75 Å². The molecule has 0 saturated carbocycles. The van der Waals surface area contributed by atoms with Gasteiger partial charge in [-0.25, -0.2) is 4.63 Å². The van der Waals surface area contributed by atoms with Gasteiger partial charge in [0.2, 0.25) is 0 Å². The number of pyridine rings is 1. The first-order valence-electron chi connectivity index (χ1n) is 8.02. The van der Waals surface area contributed by atoms with Crippen LogP contribution in [0.2, 0.25) is 0 Å². The van der Waals surface area contributed by atoms with Crippen molar-refractivity contribution >= 4 is 16.7 Å². The lowest BCUT2D eigenvalue weighted by Gasteiger charge is -2.35. The van der Waals surface area contributed by atoms with Crippen LogP contribution in [0.15, 0.2) is 52.0 Å². The highest BCUT2D eigenvalue weighted by Crippen LogP contribution is 2.40. The lowest BCUT2D eigenvalue weighted by atomic mass is 9.90. The Morgan fingerprint density at radius 3 is 2.58 bits per heavy atom. The van der Waals surface area contributed by atoms with Gasteiger partial charge in [0.15, 0.2) is 0 Å². The van der Waals surface area contributed by atoms with E-state index in [0.717, 1.165) is 24.1 Å². The molecule has 0 N–H and O–H groups in total. The quantitative estimate of drug-likeness (QED) is 0.740. The molecule has 4 rings (SSSR count). The summed E-state index contributed by atoms with van der Waals surface area (Å²) in [6.07, 6.45) is 5.40. The molecule has 0 spiro atoms. The molecule has 0 bridgehead atoms. The van der Waals surface area contributed by atoms with E-state index in [0.29, 0.717) is 16.8 Å². The first kappa shape index (κ1) is 14.7. The van der Waals surface area contributed by atoms with Crippen molar-refractivity contribution in [1.29, 1.82) is 0 Å². The highest BCUT2D eigenvalue weighted by molar-refractivity contribution is 5.85. The molecular weight excluding hydrogens is 306 g/mol. The van der Waals surface area contributed by atoms with Crippen LogP contribution in [0, 0.1) is 0 Å². The molecule has 1 aliphatic heterocycles. The number of hydrogen-bond acceptors (Lipinski definition) is 5. The Hall–Kier alpha value is -2.89. The summed E-state index contributed by atoms with van der Waals surface area (Å²) in [5, 5.41) is 7.79. The summed E-state index contributed by atoms with van der Waals surface area (Å²) in [6.45, 7) is 4.15. The average Bonchev–Trinajstić information content (AvgIpc) is 3.06. The molecule has 24 heavy (non-hydrogen) atoms. The molecule has 0 atom stereocenters. The monoisotopic (exact) mass is 323 g/mol. The topological polar surface area (TPSA) is 70.2 Å². The second-order valence-electron chi connectivity index (χ2n) is 5.91. The maximum absolute atomic E-state index is 12.4. The number of ether oxygens (including phenoxy) is 1. The zero-order valence-corrected chi connectivity index (χ0v) is 13.5. The van der Waals surface area contributed by atoms with Gasteiger partial charge in [0.25, 0.3) is 5.56 Å². The van der Waals surface area contributed by atoms with Crippen molar-refractivity contribution in [2.24, 2.45) is 0 Å². The molecule has 6 heteroatoms. The Morgan fingerprint density at radius 2 is 1.88 bits per heavy atom. The third kappa shape index (κ3) is 2.14. The van der Waals surface area contributed by atoms with Crippen LogP contribution in [0.1, 0.15) is 32.3 Å². The molecule has 2 aromatic heterocycles. The van der Waals surface area contributed by atoms with Crippen molar-refractivity contribution in [3.63, 3.8) is 0 Å². The molecule has 3 heterocycles. The van der Waals surface area contributed by atoms with Crippen LogP contribution in [-0.2, 0) is 0 Å². The van der Waals surface area contributed by atoms with E-state index < -0.39 is 5.60 Å². The zero-order chi connectivity index (χ0) is 16.7. The maximum Gasteiger partial charge on any atom is 0.255 e. The van der Waals surface area contributed by atoms with Crippen molar-refractivity contribution in [2.75, 3.05) is 0 Å². The highest BCUT2D eigenvalue weighted by Gasteiger charge is 2.34. The summed E-state index contributed by atoms with van der Waals surface area (Å²) in [7, 11) is 0. The van der Waals surface area contributed by atoms with Crippen LogP contribution in [0.3, 0.4) is 0 Å². The van der Waals surface area contributed by atoms with Gasteiger partial charge in [-0.15, -0.1) is 0 Å². The van der Waals surface area contributed by atoms with Crippen molar-refractivity contribution in [3.05, 3.63) is 58.5 Å². The summed E-state index contributed by atoms with van der Waals surface area (Å²) < 4.78 is 12.7.